The minimum atomic E-state index is -0.447. The second-order valence-electron chi connectivity index (χ2n) is 27.0. The minimum absolute atomic E-state index is 0. The summed E-state index contributed by atoms with van der Waals surface area (Å²) in [4.78, 5) is 9.81. The summed E-state index contributed by atoms with van der Waals surface area (Å²) in [6, 6.07) is 81.1. The van der Waals surface area contributed by atoms with Gasteiger partial charge in [0.15, 0.2) is 0 Å². The van der Waals surface area contributed by atoms with Crippen LogP contribution in [0.3, 0.4) is 0 Å². The summed E-state index contributed by atoms with van der Waals surface area (Å²) in [6.45, 7) is 34.4. The van der Waals surface area contributed by atoms with Crippen LogP contribution in [0.15, 0.2) is 206 Å². The molecule has 0 bridgehead atoms. The molecular formula is C80H79N4OPt-3. The normalized spacial score (nSPS) is 13.0. The zero-order valence-electron chi connectivity index (χ0n) is 52.4. The molecule has 0 spiro atoms. The number of nitrogens with zero attached hydrogens (tertiary/aromatic N) is 4. The Kier molecular flexibility index (Phi) is 16.0. The fourth-order valence-corrected chi connectivity index (χ4v) is 12.6. The average molecular weight is 1310 g/mol. The van der Waals surface area contributed by atoms with E-state index in [1.807, 2.05) is 6.20 Å². The molecule has 0 unspecified atom stereocenters. The summed E-state index contributed by atoms with van der Waals surface area (Å²) in [5.74, 6) is 2.69. The van der Waals surface area contributed by atoms with E-state index in [1.165, 1.54) is 50.1 Å². The van der Waals surface area contributed by atoms with Gasteiger partial charge in [-0.2, -0.15) is 0 Å². The summed E-state index contributed by atoms with van der Waals surface area (Å²) in [7, 11) is 0. The number of aromatic nitrogens is 2. The number of benzene rings is 9. The predicted molar refractivity (Wildman–Crippen MR) is 358 cm³/mol. The molecule has 9 aromatic carbocycles. The number of ether oxygens (including phenoxy) is 1. The van der Waals surface area contributed by atoms with E-state index in [-0.39, 0.29) is 37.3 Å². The Labute approximate surface area is 526 Å². The summed E-state index contributed by atoms with van der Waals surface area (Å²) in [5, 5.41) is 2.26. The molecule has 0 N–H and O–H groups in total. The van der Waals surface area contributed by atoms with E-state index in [1.54, 1.807) is 0 Å². The first-order valence-corrected chi connectivity index (χ1v) is 30.3. The van der Waals surface area contributed by atoms with Crippen molar-refractivity contribution in [3.05, 3.63) is 270 Å². The fourth-order valence-electron chi connectivity index (χ4n) is 12.6. The molecule has 3 heterocycles. The third-order valence-electron chi connectivity index (χ3n) is 17.8. The van der Waals surface area contributed by atoms with E-state index >= 15 is 0 Å². The largest absolute Gasteiger partial charge is 0.509 e. The molecule has 86 heavy (non-hydrogen) atoms. The molecule has 6 heteroatoms. The van der Waals surface area contributed by atoms with Gasteiger partial charge in [-0.25, -0.2) is 4.98 Å². The molecule has 11 aromatic rings. The second kappa shape index (κ2) is 23.0. The smallest absolute Gasteiger partial charge is 0.135 e. The van der Waals surface area contributed by atoms with Gasteiger partial charge in [0.25, 0.3) is 0 Å². The Hall–Kier alpha value is -7.98. The van der Waals surface area contributed by atoms with E-state index in [2.05, 4.69) is 330 Å². The Balaban J connectivity index is 0.00000768. The number of rotatable bonds is 13. The van der Waals surface area contributed by atoms with Gasteiger partial charge in [0.2, 0.25) is 0 Å². The van der Waals surface area contributed by atoms with Crippen LogP contribution in [0.25, 0.3) is 49.9 Å². The number of hydrogen-bond donors (Lipinski definition) is 0. The van der Waals surface area contributed by atoms with Crippen molar-refractivity contribution in [2.45, 2.75) is 130 Å². The van der Waals surface area contributed by atoms with Crippen LogP contribution in [0.2, 0.25) is 0 Å². The minimum Gasteiger partial charge on any atom is -0.509 e. The van der Waals surface area contributed by atoms with Gasteiger partial charge < -0.3 is 19.1 Å². The van der Waals surface area contributed by atoms with Gasteiger partial charge in [-0.1, -0.05) is 247 Å². The summed E-state index contributed by atoms with van der Waals surface area (Å²) >= 11 is 0. The van der Waals surface area contributed by atoms with Crippen LogP contribution in [0.4, 0.5) is 22.7 Å². The molecule has 0 saturated carbocycles. The molecule has 0 aliphatic carbocycles. The SMILES string of the molecule is CC(C)c1cccc(C(C)C)c1-c1ccc2c(c1)N(c1[c-]c(Oc3[c-]c4c(c(C(C)(C)c5ccccc5)c3)c3ccccc3n4-c3cc(C(C)(C)C)ccn3)cc(C(C)(C)C)c1)[CH-]N2c1cc(-c2ccccc2)cc(C(C)(C)c2ccccc2)c1.[Pt]. The number of anilines is 4. The van der Waals surface area contributed by atoms with E-state index in [0.717, 1.165) is 67.1 Å². The Morgan fingerprint density at radius 3 is 1.71 bits per heavy atom. The first kappa shape index (κ1) is 59.7. The van der Waals surface area contributed by atoms with Gasteiger partial charge in [-0.3, -0.25) is 0 Å². The first-order chi connectivity index (χ1) is 40.6. The van der Waals surface area contributed by atoms with E-state index in [0.29, 0.717) is 23.3 Å². The molecule has 438 valence electrons. The molecular weight excluding hydrogens is 1230 g/mol. The Bertz CT molecular complexity index is 4250. The molecule has 0 atom stereocenters. The predicted octanol–water partition coefficient (Wildman–Crippen LogP) is 21.8. The van der Waals surface area contributed by atoms with Crippen LogP contribution < -0.4 is 14.5 Å². The summed E-state index contributed by atoms with van der Waals surface area (Å²) in [6.07, 6.45) is 1.94. The zero-order chi connectivity index (χ0) is 59.7. The molecule has 0 radical (unpaired) electrons. The monoisotopic (exact) mass is 1310 g/mol. The van der Waals surface area contributed by atoms with Crippen molar-refractivity contribution in [3.63, 3.8) is 0 Å². The van der Waals surface area contributed by atoms with Crippen molar-refractivity contribution < 1.29 is 25.8 Å². The fraction of sp³-hybridized carbons (Fsp3) is 0.250. The Morgan fingerprint density at radius 2 is 1.07 bits per heavy atom. The quantitative estimate of drug-likeness (QED) is 0.108. The molecule has 5 nitrogen and oxygen atoms in total. The van der Waals surface area contributed by atoms with Gasteiger partial charge >= 0.3 is 0 Å². The maximum Gasteiger partial charge on any atom is 0.135 e. The van der Waals surface area contributed by atoms with Crippen LogP contribution >= 0.6 is 0 Å². The number of pyridine rings is 1. The van der Waals surface area contributed by atoms with Crippen molar-refractivity contribution in [3.8, 4) is 39.6 Å². The van der Waals surface area contributed by atoms with Crippen LogP contribution in [-0.4, -0.2) is 9.55 Å². The van der Waals surface area contributed by atoms with Crippen LogP contribution in [0.1, 0.15) is 153 Å². The molecule has 0 amide bonds. The molecule has 2 aromatic heterocycles. The molecule has 0 fully saturated rings. The first-order valence-electron chi connectivity index (χ1n) is 30.3. The van der Waals surface area contributed by atoms with Crippen molar-refractivity contribution >= 4 is 44.6 Å². The third kappa shape index (κ3) is 11.1. The van der Waals surface area contributed by atoms with E-state index in [4.69, 9.17) is 9.72 Å². The number of para-hydroxylation sites is 1. The zero-order valence-corrected chi connectivity index (χ0v) is 54.6. The van der Waals surface area contributed by atoms with Gasteiger partial charge in [0.05, 0.1) is 0 Å². The standard InChI is InChI=1S/C80H79N4O.Pt/c1-52(2)66-34-26-35-67(53(3)4)75(66)55-37-38-71-72(43-55)83(51-82(71)62-42-56(54-27-18-15-19-28-54)41-61(45-62)79(11,12)57-29-20-16-21-30-57)63-44-60(78(8,9)10)46-64(48-63)85-65-49-69(80(13,14)58-31-22-17-23-32-58)76-68-33-24-25-36-70(68)84(73(76)50-65)74-47-59(39-40-81-74)77(5,6)7;/h15-47,49,51-53H,1-14H3;/q-3;. The van der Waals surface area contributed by atoms with Gasteiger partial charge in [0.1, 0.15) is 5.82 Å². The van der Waals surface area contributed by atoms with Crippen LogP contribution in [0, 0.1) is 18.8 Å². The van der Waals surface area contributed by atoms with Crippen molar-refractivity contribution in [2.75, 3.05) is 9.80 Å². The van der Waals surface area contributed by atoms with Gasteiger partial charge in [0, 0.05) is 66.8 Å². The molecule has 1 aliphatic heterocycles. The van der Waals surface area contributed by atoms with E-state index < -0.39 is 5.41 Å². The van der Waals surface area contributed by atoms with Crippen molar-refractivity contribution in [2.24, 2.45) is 0 Å². The third-order valence-corrected chi connectivity index (χ3v) is 17.8. The van der Waals surface area contributed by atoms with Crippen molar-refractivity contribution in [1.82, 2.24) is 9.55 Å². The Morgan fingerprint density at radius 1 is 0.465 bits per heavy atom. The van der Waals surface area contributed by atoms with Gasteiger partial charge in [-0.05, 0) is 132 Å². The number of hydrogen-bond acceptors (Lipinski definition) is 4. The second-order valence-corrected chi connectivity index (χ2v) is 27.0. The van der Waals surface area contributed by atoms with Crippen molar-refractivity contribution in [1.29, 1.82) is 0 Å². The van der Waals surface area contributed by atoms with Gasteiger partial charge in [-0.15, -0.1) is 53.8 Å². The van der Waals surface area contributed by atoms with Crippen LogP contribution in [-0.2, 0) is 42.7 Å². The molecule has 1 aliphatic rings. The van der Waals surface area contributed by atoms with Crippen LogP contribution in [0.5, 0.6) is 11.5 Å². The summed E-state index contributed by atoms with van der Waals surface area (Å²) < 4.78 is 9.68. The molecule has 0 saturated heterocycles. The average Bonchev–Trinajstić information content (AvgIpc) is 1.59. The maximum absolute atomic E-state index is 7.40. The summed E-state index contributed by atoms with van der Waals surface area (Å²) in [5.41, 5.74) is 19.6. The number of fused-ring (bicyclic) bond motifs is 4. The topological polar surface area (TPSA) is 33.5 Å². The van der Waals surface area contributed by atoms with E-state index in [9.17, 15) is 0 Å². The maximum atomic E-state index is 7.40. The molecule has 12 rings (SSSR count).